The van der Waals surface area contributed by atoms with E-state index in [1.165, 1.54) is 42.5 Å². The van der Waals surface area contributed by atoms with Gasteiger partial charge in [0.15, 0.2) is 11.9 Å². The molecule has 13 aromatic carbocycles. The normalized spacial score (nSPS) is 14.4. The molecule has 0 spiro atoms. The molecule has 2 aliphatic heterocycles. The largest absolute Gasteiger partial charge is 0.457 e. The lowest BCUT2D eigenvalue weighted by atomic mass is 10.0. The Labute approximate surface area is 737 Å². The monoisotopic (exact) mass is 1830 g/mol. The second kappa shape index (κ2) is 41.0. The predicted octanol–water partition coefficient (Wildman–Crippen LogP) is 25.9. The molecular weight excluding hydrogens is 1750 g/mol. The van der Waals surface area contributed by atoms with Gasteiger partial charge in [-0.3, -0.25) is 9.98 Å². The van der Waals surface area contributed by atoms with Gasteiger partial charge < -0.3 is 56.6 Å². The van der Waals surface area contributed by atoms with Gasteiger partial charge in [-0.15, -0.1) is 0 Å². The summed E-state index contributed by atoms with van der Waals surface area (Å²) in [7, 11) is -3.90. The van der Waals surface area contributed by atoms with E-state index < -0.39 is 81.1 Å². The Hall–Kier alpha value is -12.6. The van der Waals surface area contributed by atoms with Gasteiger partial charge in [0.05, 0.1) is 64.4 Å². The number of nitrogens with one attached hydrogen (secondary N) is 3. The Balaban J connectivity index is 0.000000154. The highest BCUT2D eigenvalue weighted by molar-refractivity contribution is 7.89. The number of hydrogen-bond acceptors (Lipinski definition) is 15. The van der Waals surface area contributed by atoms with Gasteiger partial charge in [-0.05, 0) is 284 Å². The summed E-state index contributed by atoms with van der Waals surface area (Å²) >= 11 is 23.5. The molecule has 0 amide bonds. The number of guanidine groups is 2. The Morgan fingerprint density at radius 1 is 0.381 bits per heavy atom. The summed E-state index contributed by atoms with van der Waals surface area (Å²) < 4.78 is 209. The first kappa shape index (κ1) is 92.6. The molecule has 0 radical (unpaired) electrons. The maximum atomic E-state index is 13.4. The van der Waals surface area contributed by atoms with E-state index >= 15 is 0 Å². The number of hydrogen-bond donors (Lipinski definition) is 6. The smallest absolute Gasteiger partial charge is 0.416 e. The van der Waals surface area contributed by atoms with Crippen molar-refractivity contribution in [2.45, 2.75) is 60.7 Å². The molecule has 652 valence electrons. The van der Waals surface area contributed by atoms with E-state index in [9.17, 15) is 61.1 Å². The fourth-order valence-corrected chi connectivity index (χ4v) is 14.5. The third kappa shape index (κ3) is 25.8. The number of ether oxygens (including phenoxy) is 4. The zero-order valence-corrected chi connectivity index (χ0v) is 69.9. The second-order valence-electron chi connectivity index (χ2n) is 28.2. The molecule has 4 atom stereocenters. The molecule has 2 aliphatic rings. The number of alkyl halides is 12. The highest BCUT2D eigenvalue weighted by atomic mass is 35.5. The van der Waals surface area contributed by atoms with E-state index in [1.807, 2.05) is 6.92 Å². The number of rotatable bonds is 23. The molecule has 4 unspecified atom stereocenters. The number of aryl methyl sites for hydroxylation is 1. The molecule has 13 aromatic rings. The van der Waals surface area contributed by atoms with Crippen molar-refractivity contribution in [1.29, 1.82) is 0 Å². The number of nitrogens with zero attached hydrogens (tertiary/aromatic N) is 4. The van der Waals surface area contributed by atoms with Crippen molar-refractivity contribution in [2.24, 2.45) is 27.2 Å². The molecule has 16 nitrogen and oxygen atoms in total. The third-order valence-electron chi connectivity index (χ3n) is 19.3. The molecule has 15 rings (SSSR count). The fraction of sp³-hybridized carbons (Fsp3) is 0.140. The number of nitrogens with two attached hydrogens (primary N) is 3. The Morgan fingerprint density at radius 2 is 0.659 bits per heavy atom. The Kier molecular flexibility index (Phi) is 30.1. The number of halogens is 16. The van der Waals surface area contributed by atoms with Crippen molar-refractivity contribution < 1.29 is 80.1 Å². The van der Waals surface area contributed by atoms with Crippen molar-refractivity contribution >= 4 is 91.1 Å². The maximum absolute atomic E-state index is 13.4. The van der Waals surface area contributed by atoms with Crippen molar-refractivity contribution in [3.8, 4) is 46.0 Å². The van der Waals surface area contributed by atoms with Crippen molar-refractivity contribution in [3.05, 3.63) is 386 Å². The molecule has 33 heteroatoms. The first-order chi connectivity index (χ1) is 60.0. The standard InChI is InChI=1S/C28H24ClF3N2O3S.2C22H17ClF3N3O.C21H18ClF3N2O/c1-19-5-15-26(16-6-19)38(35,36)33-18-27(20-3-2-4-21(17-20)28(30,31)32)34-23-9-13-25(14-10-23)37-24-11-7-22(29)8-12-24;2*23-16-4-8-18(9-5-16)30-19-10-6-17(7-11-19)29-20(13-28-21(29)27)14-2-1-3-15(12-14)22(24,25)26;22-16-4-8-18(9-5-16)28-19-10-6-17(7-11-19)27-20(13-26)14-2-1-3-15(12-14)21(23,24)25/h2-17,27,33-34H,18H2,1H3;2*1-12,20H,13H2,(H2,27,28);1-12,20,27H,13,26H2. The van der Waals surface area contributed by atoms with Crippen LogP contribution in [0.1, 0.15) is 74.2 Å². The van der Waals surface area contributed by atoms with Gasteiger partial charge in [-0.25, -0.2) is 13.1 Å². The van der Waals surface area contributed by atoms with Crippen LogP contribution in [0.15, 0.2) is 330 Å². The molecule has 126 heavy (non-hydrogen) atoms. The Morgan fingerprint density at radius 3 is 0.968 bits per heavy atom. The summed E-state index contributed by atoms with van der Waals surface area (Å²) in [6, 6.07) is 80.4. The quantitative estimate of drug-likeness (QED) is 0.0329. The highest BCUT2D eigenvalue weighted by Crippen LogP contribution is 2.41. The topological polar surface area (TPSA) is 216 Å². The minimum absolute atomic E-state index is 0.0644. The van der Waals surface area contributed by atoms with Gasteiger partial charge in [0, 0.05) is 55.9 Å². The van der Waals surface area contributed by atoms with Crippen LogP contribution in [0.3, 0.4) is 0 Å². The summed E-state index contributed by atoms with van der Waals surface area (Å²) in [6.07, 6.45) is -17.8. The molecule has 9 N–H and O–H groups in total. The van der Waals surface area contributed by atoms with Crippen LogP contribution in [0.25, 0.3) is 0 Å². The van der Waals surface area contributed by atoms with Gasteiger partial charge in [-0.1, -0.05) is 113 Å². The van der Waals surface area contributed by atoms with Crippen LogP contribution < -0.4 is 61.3 Å². The number of benzene rings is 13. The van der Waals surface area contributed by atoms with Crippen LogP contribution in [0.4, 0.5) is 75.4 Å². The van der Waals surface area contributed by atoms with E-state index in [4.69, 9.17) is 82.6 Å². The van der Waals surface area contributed by atoms with Gasteiger partial charge in [0.2, 0.25) is 10.0 Å². The van der Waals surface area contributed by atoms with Crippen molar-refractivity contribution in [1.82, 2.24) is 4.72 Å². The lowest BCUT2D eigenvalue weighted by Crippen LogP contribution is -2.36. The molecule has 0 fully saturated rings. The molecule has 0 bridgehead atoms. The predicted molar refractivity (Wildman–Crippen MR) is 469 cm³/mol. The number of sulfonamides is 1. The molecular formula is C93H76Cl4F12N10O6S. The van der Waals surface area contributed by atoms with Gasteiger partial charge >= 0.3 is 24.7 Å². The SMILES string of the molecule is Cc1ccc(S(=O)(=O)NCC(Nc2ccc(Oc3ccc(Cl)cc3)cc2)c2cccc(C(F)(F)F)c2)cc1.NC1=NCC(c2cccc(C(F)(F)F)c2)N1c1ccc(Oc2ccc(Cl)cc2)cc1.NC1=NCC(c2cccc(C(F)(F)F)c2)N1c1ccc(Oc2ccc(Cl)cc2)cc1.NCC(Nc1ccc(Oc2ccc(Cl)cc2)cc1)c1cccc(C(F)(F)F)c1. The molecule has 0 aromatic heterocycles. The van der Waals surface area contributed by atoms with Crippen LogP contribution in [-0.2, 0) is 34.7 Å². The molecule has 2 heterocycles. The number of aliphatic imine (C=N–C) groups is 2. The van der Waals surface area contributed by atoms with Crippen LogP contribution in [0, 0.1) is 6.92 Å². The first-order valence-electron chi connectivity index (χ1n) is 38.3. The Bertz CT molecular complexity index is 5800. The summed E-state index contributed by atoms with van der Waals surface area (Å²) in [5.74, 6) is 5.37. The van der Waals surface area contributed by atoms with Crippen LogP contribution in [-0.4, -0.2) is 46.5 Å². The lowest BCUT2D eigenvalue weighted by molar-refractivity contribution is -0.138. The molecule has 0 saturated carbocycles. The van der Waals surface area contributed by atoms with E-state index in [0.717, 1.165) is 59.8 Å². The van der Waals surface area contributed by atoms with Crippen molar-refractivity contribution in [2.75, 3.05) is 46.6 Å². The highest BCUT2D eigenvalue weighted by Gasteiger charge is 2.37. The second-order valence-corrected chi connectivity index (χ2v) is 31.7. The summed E-state index contributed by atoms with van der Waals surface area (Å²) in [5.41, 5.74) is 20.3. The first-order valence-corrected chi connectivity index (χ1v) is 41.3. The van der Waals surface area contributed by atoms with E-state index in [2.05, 4.69) is 25.3 Å². The average molecular weight is 1830 g/mol. The van der Waals surface area contributed by atoms with E-state index in [0.29, 0.717) is 99.8 Å². The lowest BCUT2D eigenvalue weighted by Gasteiger charge is -2.27. The minimum atomic E-state index is -4.54. The van der Waals surface area contributed by atoms with Crippen molar-refractivity contribution in [3.63, 3.8) is 0 Å². The fourth-order valence-electron chi connectivity index (χ4n) is 12.9. The summed E-state index contributed by atoms with van der Waals surface area (Å²) in [6.45, 7) is 2.33. The molecule has 0 saturated heterocycles. The van der Waals surface area contributed by atoms with E-state index in [1.54, 1.807) is 234 Å². The van der Waals surface area contributed by atoms with Crippen LogP contribution >= 0.6 is 46.4 Å². The van der Waals surface area contributed by atoms with Crippen LogP contribution in [0.5, 0.6) is 46.0 Å². The zero-order chi connectivity index (χ0) is 90.1. The number of anilines is 4. The third-order valence-corrected chi connectivity index (χ3v) is 21.7. The van der Waals surface area contributed by atoms with Crippen LogP contribution in [0.2, 0.25) is 20.1 Å². The maximum Gasteiger partial charge on any atom is 0.416 e. The minimum Gasteiger partial charge on any atom is -0.457 e. The summed E-state index contributed by atoms with van der Waals surface area (Å²) in [5, 5.41) is 8.72. The van der Waals surface area contributed by atoms with Gasteiger partial charge in [0.1, 0.15) is 46.0 Å². The average Bonchev–Trinajstić information content (AvgIpc) is 1.61. The molecule has 0 aliphatic carbocycles. The summed E-state index contributed by atoms with van der Waals surface area (Å²) in [4.78, 5) is 12.0. The van der Waals surface area contributed by atoms with Gasteiger partial charge in [-0.2, -0.15) is 52.7 Å². The van der Waals surface area contributed by atoms with Gasteiger partial charge in [0.25, 0.3) is 0 Å². The zero-order valence-electron chi connectivity index (χ0n) is 66.1. The van der Waals surface area contributed by atoms with E-state index in [-0.39, 0.29) is 48.6 Å².